The fraction of sp³-hybridized carbons (Fsp3) is 0.241. The van der Waals surface area contributed by atoms with Crippen LogP contribution in [-0.2, 0) is 13.0 Å². The maximum Gasteiger partial charge on any atom is 0.333 e. The highest BCUT2D eigenvalue weighted by Gasteiger charge is 2.19. The molecule has 7 nitrogen and oxygen atoms in total. The van der Waals surface area contributed by atoms with Crippen LogP contribution in [0.15, 0.2) is 83.7 Å². The van der Waals surface area contributed by atoms with Crippen LogP contribution in [0.25, 0.3) is 28.2 Å². The Labute approximate surface area is 210 Å². The van der Waals surface area contributed by atoms with Crippen molar-refractivity contribution in [2.45, 2.75) is 40.2 Å². The Bertz CT molecular complexity index is 1500. The number of hydrogen-bond acceptors (Lipinski definition) is 4. The Morgan fingerprint density at radius 2 is 1.58 bits per heavy atom. The van der Waals surface area contributed by atoms with E-state index < -0.39 is 0 Å². The molecule has 0 unspecified atom stereocenters. The van der Waals surface area contributed by atoms with E-state index >= 15 is 0 Å². The van der Waals surface area contributed by atoms with Crippen LogP contribution in [0.4, 0.5) is 0 Å². The zero-order valence-electron chi connectivity index (χ0n) is 20.8. The van der Waals surface area contributed by atoms with Gasteiger partial charge in [0.15, 0.2) is 0 Å². The van der Waals surface area contributed by atoms with E-state index in [0.717, 1.165) is 52.2 Å². The van der Waals surface area contributed by atoms with Crippen LogP contribution < -0.4 is 5.69 Å². The van der Waals surface area contributed by atoms with Gasteiger partial charge in [-0.1, -0.05) is 80.6 Å². The van der Waals surface area contributed by atoms with Gasteiger partial charge in [0.2, 0.25) is 5.82 Å². The van der Waals surface area contributed by atoms with Gasteiger partial charge in [0.1, 0.15) is 0 Å². The van der Waals surface area contributed by atoms with Gasteiger partial charge in [-0.15, -0.1) is 10.2 Å². The van der Waals surface area contributed by atoms with E-state index in [9.17, 15) is 4.79 Å². The summed E-state index contributed by atoms with van der Waals surface area (Å²) in [4.78, 5) is 13.6. The highest BCUT2D eigenvalue weighted by atomic mass is 16.1. The van der Waals surface area contributed by atoms with Gasteiger partial charge in [-0.25, -0.2) is 4.79 Å². The molecule has 2 heterocycles. The summed E-state index contributed by atoms with van der Waals surface area (Å²) in [5.41, 5.74) is 7.11. The van der Waals surface area contributed by atoms with Crippen molar-refractivity contribution < 1.29 is 0 Å². The topological polar surface area (TPSA) is 81.4 Å². The van der Waals surface area contributed by atoms with Crippen molar-refractivity contribution in [3.05, 3.63) is 106 Å². The molecule has 7 heteroatoms. The van der Waals surface area contributed by atoms with Crippen molar-refractivity contribution in [3.8, 4) is 28.2 Å². The summed E-state index contributed by atoms with van der Waals surface area (Å²) in [6.45, 7) is 7.02. The van der Waals surface area contributed by atoms with E-state index in [1.54, 1.807) is 0 Å². The molecule has 0 atom stereocenters. The first kappa shape index (κ1) is 23.5. The highest BCUT2D eigenvalue weighted by Crippen LogP contribution is 2.30. The predicted octanol–water partition coefficient (Wildman–Crippen LogP) is 5.43. The van der Waals surface area contributed by atoms with Crippen molar-refractivity contribution >= 4 is 0 Å². The van der Waals surface area contributed by atoms with E-state index in [4.69, 9.17) is 0 Å². The Hall–Kier alpha value is -4.26. The lowest BCUT2D eigenvalue weighted by Gasteiger charge is -2.11. The molecule has 0 spiro atoms. The monoisotopic (exact) mass is 478 g/mol. The van der Waals surface area contributed by atoms with Gasteiger partial charge in [-0.2, -0.15) is 5.21 Å². The van der Waals surface area contributed by atoms with E-state index in [1.165, 1.54) is 0 Å². The van der Waals surface area contributed by atoms with Gasteiger partial charge in [-0.05, 0) is 59.7 Å². The summed E-state index contributed by atoms with van der Waals surface area (Å²) in [5.74, 6) is 1.13. The standard InChI is InChI=1S/C29H30N6O/c1-20(2)13-18-27-21(3)35(24-9-5-4-6-10-24)29(36)34(27)19-22-14-16-23(17-15-22)25-11-7-8-12-26(25)28-30-32-33-31-28/h4-12,14-17,20H,13,18-19H2,1-3H3,(H,30,31,32,33). The van der Waals surface area contributed by atoms with Crippen molar-refractivity contribution in [2.24, 2.45) is 5.92 Å². The van der Waals surface area contributed by atoms with E-state index in [1.807, 2.05) is 57.7 Å². The predicted molar refractivity (Wildman–Crippen MR) is 142 cm³/mol. The quantitative estimate of drug-likeness (QED) is 0.322. The molecule has 0 bridgehead atoms. The molecule has 0 saturated carbocycles. The molecule has 2 aromatic heterocycles. The normalized spacial score (nSPS) is 11.3. The third-order valence-electron chi connectivity index (χ3n) is 6.59. The first-order valence-corrected chi connectivity index (χ1v) is 12.3. The number of tetrazole rings is 1. The Balaban J connectivity index is 1.49. The zero-order valence-corrected chi connectivity index (χ0v) is 20.8. The summed E-state index contributed by atoms with van der Waals surface area (Å²) in [6.07, 6.45) is 1.90. The number of hydrogen-bond donors (Lipinski definition) is 1. The van der Waals surface area contributed by atoms with Crippen LogP contribution >= 0.6 is 0 Å². The number of H-pyrrole nitrogens is 1. The largest absolute Gasteiger partial charge is 0.333 e. The lowest BCUT2D eigenvalue weighted by atomic mass is 9.98. The van der Waals surface area contributed by atoms with E-state index in [-0.39, 0.29) is 5.69 Å². The Morgan fingerprint density at radius 1 is 0.889 bits per heavy atom. The summed E-state index contributed by atoms with van der Waals surface area (Å²) in [7, 11) is 0. The third-order valence-corrected chi connectivity index (χ3v) is 6.59. The number of aromatic nitrogens is 6. The molecule has 0 fully saturated rings. The first-order valence-electron chi connectivity index (χ1n) is 12.3. The fourth-order valence-electron chi connectivity index (χ4n) is 4.67. The maximum atomic E-state index is 13.6. The lowest BCUT2D eigenvalue weighted by Crippen LogP contribution is -2.25. The van der Waals surface area contributed by atoms with Gasteiger partial charge in [0.05, 0.1) is 12.2 Å². The van der Waals surface area contributed by atoms with Gasteiger partial charge < -0.3 is 0 Å². The molecule has 0 amide bonds. The van der Waals surface area contributed by atoms with Gasteiger partial charge in [0.25, 0.3) is 0 Å². The second kappa shape index (κ2) is 10.2. The molecule has 0 aliphatic rings. The van der Waals surface area contributed by atoms with Crippen molar-refractivity contribution in [1.29, 1.82) is 0 Å². The maximum absolute atomic E-state index is 13.6. The number of para-hydroxylation sites is 1. The summed E-state index contributed by atoms with van der Waals surface area (Å²) < 4.78 is 3.78. The van der Waals surface area contributed by atoms with Crippen LogP contribution in [0.3, 0.4) is 0 Å². The molecule has 0 aliphatic heterocycles. The molecule has 182 valence electrons. The third kappa shape index (κ3) is 4.64. The number of rotatable bonds is 8. The summed E-state index contributed by atoms with van der Waals surface area (Å²) >= 11 is 0. The minimum atomic E-state index is 0.00369. The fourth-order valence-corrected chi connectivity index (χ4v) is 4.67. The molecule has 5 aromatic rings. The van der Waals surface area contributed by atoms with Crippen LogP contribution in [0.2, 0.25) is 0 Å². The second-order valence-corrected chi connectivity index (χ2v) is 9.48. The molecule has 5 rings (SSSR count). The highest BCUT2D eigenvalue weighted by molar-refractivity contribution is 5.80. The number of benzene rings is 3. The van der Waals surface area contributed by atoms with Gasteiger partial charge in [0, 0.05) is 17.0 Å². The minimum absolute atomic E-state index is 0.00369. The van der Waals surface area contributed by atoms with Crippen molar-refractivity contribution in [3.63, 3.8) is 0 Å². The molecule has 36 heavy (non-hydrogen) atoms. The van der Waals surface area contributed by atoms with Crippen LogP contribution in [0.5, 0.6) is 0 Å². The molecule has 0 aliphatic carbocycles. The van der Waals surface area contributed by atoms with Crippen LogP contribution in [-0.4, -0.2) is 29.8 Å². The molecular formula is C29H30N6O. The Morgan fingerprint density at radius 3 is 2.25 bits per heavy atom. The summed E-state index contributed by atoms with van der Waals surface area (Å²) in [6, 6.07) is 26.3. The molecule has 0 saturated heterocycles. The number of aromatic amines is 1. The van der Waals surface area contributed by atoms with Crippen LogP contribution in [0.1, 0.15) is 37.2 Å². The van der Waals surface area contributed by atoms with Gasteiger partial charge in [-0.3, -0.25) is 9.13 Å². The first-order chi connectivity index (χ1) is 17.5. The van der Waals surface area contributed by atoms with E-state index in [2.05, 4.69) is 71.7 Å². The average molecular weight is 479 g/mol. The summed E-state index contributed by atoms with van der Waals surface area (Å²) in [5, 5.41) is 14.5. The second-order valence-electron chi connectivity index (χ2n) is 9.48. The van der Waals surface area contributed by atoms with Crippen molar-refractivity contribution in [1.82, 2.24) is 29.8 Å². The lowest BCUT2D eigenvalue weighted by molar-refractivity contribution is 0.564. The SMILES string of the molecule is Cc1c(CCC(C)C)n(Cc2ccc(-c3ccccc3-c3nn[nH]n3)cc2)c(=O)n1-c1ccccc1. The molecule has 3 aromatic carbocycles. The van der Waals surface area contributed by atoms with E-state index in [0.29, 0.717) is 18.3 Å². The number of nitrogens with one attached hydrogen (secondary N) is 1. The average Bonchev–Trinajstić information content (AvgIpc) is 3.51. The molecule has 0 radical (unpaired) electrons. The molecule has 1 N–H and O–H groups in total. The number of imidazole rings is 1. The zero-order chi connectivity index (χ0) is 25.1. The van der Waals surface area contributed by atoms with Crippen molar-refractivity contribution in [2.75, 3.05) is 0 Å². The van der Waals surface area contributed by atoms with Gasteiger partial charge >= 0.3 is 5.69 Å². The minimum Gasteiger partial charge on any atom is -0.291 e. The smallest absolute Gasteiger partial charge is 0.291 e. The molecular weight excluding hydrogens is 448 g/mol. The van der Waals surface area contributed by atoms with Crippen LogP contribution in [0, 0.1) is 12.8 Å². The number of nitrogens with zero attached hydrogens (tertiary/aromatic N) is 5. The Kier molecular flexibility index (Phi) is 6.62.